The second-order valence-electron chi connectivity index (χ2n) is 3.57. The van der Waals surface area contributed by atoms with Crippen LogP contribution in [-0.4, -0.2) is 39.8 Å². The lowest BCUT2D eigenvalue weighted by atomic mass is 10.2. The Kier molecular flexibility index (Phi) is 5.59. The number of nitrogens with zero attached hydrogens (tertiary/aromatic N) is 1. The van der Waals surface area contributed by atoms with Crippen LogP contribution in [0.2, 0.25) is 0 Å². The smallest absolute Gasteiger partial charge is 0.332 e. The van der Waals surface area contributed by atoms with Gasteiger partial charge in [-0.25, -0.2) is 9.59 Å². The molecular weight excluding hydrogens is 238 g/mol. The van der Waals surface area contributed by atoms with Crippen molar-refractivity contribution in [2.45, 2.75) is 19.1 Å². The molecule has 1 heterocycles. The number of urea groups is 1. The van der Waals surface area contributed by atoms with Crippen molar-refractivity contribution < 1.29 is 19.8 Å². The first kappa shape index (κ1) is 13.9. The van der Waals surface area contributed by atoms with Crippen LogP contribution in [0.25, 0.3) is 0 Å². The van der Waals surface area contributed by atoms with Crippen molar-refractivity contribution in [3.8, 4) is 0 Å². The molecule has 0 saturated heterocycles. The fraction of sp³-hybridized carbons (Fsp3) is 0.364. The number of carbonyl (C=O) groups is 2. The maximum atomic E-state index is 11.3. The van der Waals surface area contributed by atoms with E-state index in [4.69, 9.17) is 10.2 Å². The summed E-state index contributed by atoms with van der Waals surface area (Å²) < 4.78 is 0. The number of aromatic nitrogens is 1. The minimum atomic E-state index is -1.46. The van der Waals surface area contributed by atoms with Gasteiger partial charge in [0.1, 0.15) is 0 Å². The molecule has 0 aliphatic carbocycles. The molecule has 18 heavy (non-hydrogen) atoms. The number of nitrogens with one attached hydrogen (secondary N) is 2. The number of hydrogen-bond donors (Lipinski definition) is 4. The molecule has 0 aliphatic heterocycles. The van der Waals surface area contributed by atoms with Crippen LogP contribution in [0.4, 0.5) is 4.79 Å². The molecule has 2 amide bonds. The largest absolute Gasteiger partial charge is 0.479 e. The van der Waals surface area contributed by atoms with Crippen LogP contribution in [0.5, 0.6) is 0 Å². The lowest BCUT2D eigenvalue weighted by molar-refractivity contribution is -0.146. The molecule has 0 saturated carbocycles. The molecule has 7 heteroatoms. The number of aliphatic hydroxyl groups excluding tert-OH is 1. The van der Waals surface area contributed by atoms with E-state index < -0.39 is 18.1 Å². The molecule has 1 unspecified atom stereocenters. The number of hydrogen-bond acceptors (Lipinski definition) is 4. The standard InChI is InChI=1S/C11H15N3O4/c15-9(10(16)17)4-6-13-11(18)14-7-8-3-1-2-5-12-8/h1-3,5,9,15H,4,6-7H2,(H,16,17)(H2,13,14,18). The number of amides is 2. The third-order valence-corrected chi connectivity index (χ3v) is 2.14. The van der Waals surface area contributed by atoms with Crippen LogP contribution in [0, 0.1) is 0 Å². The van der Waals surface area contributed by atoms with Crippen LogP contribution in [0.1, 0.15) is 12.1 Å². The van der Waals surface area contributed by atoms with E-state index in [2.05, 4.69) is 15.6 Å². The first-order chi connectivity index (χ1) is 8.59. The van der Waals surface area contributed by atoms with Crippen molar-refractivity contribution in [3.05, 3.63) is 30.1 Å². The number of pyridine rings is 1. The van der Waals surface area contributed by atoms with Crippen LogP contribution in [0.3, 0.4) is 0 Å². The number of carboxylic acid groups (broad SMARTS) is 1. The highest BCUT2D eigenvalue weighted by Gasteiger charge is 2.12. The highest BCUT2D eigenvalue weighted by atomic mass is 16.4. The fourth-order valence-electron chi connectivity index (χ4n) is 1.18. The molecule has 0 fully saturated rings. The molecular formula is C11H15N3O4. The Morgan fingerprint density at radius 1 is 1.33 bits per heavy atom. The first-order valence-electron chi connectivity index (χ1n) is 5.42. The number of aliphatic hydroxyl groups is 1. The lowest BCUT2D eigenvalue weighted by Gasteiger charge is -2.08. The molecule has 4 N–H and O–H groups in total. The summed E-state index contributed by atoms with van der Waals surface area (Å²) in [5.41, 5.74) is 0.721. The Hall–Kier alpha value is -2.15. The average molecular weight is 253 g/mol. The van der Waals surface area contributed by atoms with Gasteiger partial charge in [0.05, 0.1) is 12.2 Å². The van der Waals surface area contributed by atoms with Gasteiger partial charge in [-0.05, 0) is 12.1 Å². The van der Waals surface area contributed by atoms with Crippen LogP contribution in [-0.2, 0) is 11.3 Å². The summed E-state index contributed by atoms with van der Waals surface area (Å²) in [5.74, 6) is -1.30. The summed E-state index contributed by atoms with van der Waals surface area (Å²) in [4.78, 5) is 25.6. The molecule has 7 nitrogen and oxygen atoms in total. The van der Waals surface area contributed by atoms with Crippen molar-refractivity contribution in [2.24, 2.45) is 0 Å². The Labute approximate surface area is 104 Å². The maximum absolute atomic E-state index is 11.3. The average Bonchev–Trinajstić information content (AvgIpc) is 2.37. The molecule has 0 bridgehead atoms. The molecule has 0 radical (unpaired) electrons. The molecule has 1 rings (SSSR count). The summed E-state index contributed by atoms with van der Waals surface area (Å²) in [7, 11) is 0. The number of carboxylic acids is 1. The van der Waals surface area contributed by atoms with E-state index in [0.29, 0.717) is 0 Å². The van der Waals surface area contributed by atoms with Gasteiger partial charge in [0, 0.05) is 19.2 Å². The second kappa shape index (κ2) is 7.23. The van der Waals surface area contributed by atoms with Gasteiger partial charge in [-0.15, -0.1) is 0 Å². The van der Waals surface area contributed by atoms with E-state index in [0.717, 1.165) is 5.69 Å². The Morgan fingerprint density at radius 3 is 2.72 bits per heavy atom. The predicted molar refractivity (Wildman–Crippen MR) is 62.7 cm³/mol. The summed E-state index contributed by atoms with van der Waals surface area (Å²) in [6.07, 6.45) is 0.130. The minimum absolute atomic E-state index is 0.0354. The van der Waals surface area contributed by atoms with Crippen LogP contribution in [0.15, 0.2) is 24.4 Å². The van der Waals surface area contributed by atoms with Gasteiger partial charge in [-0.2, -0.15) is 0 Å². The van der Waals surface area contributed by atoms with Gasteiger partial charge in [-0.3, -0.25) is 4.98 Å². The fourth-order valence-corrected chi connectivity index (χ4v) is 1.18. The van der Waals surface area contributed by atoms with E-state index in [1.807, 2.05) is 6.07 Å². The Morgan fingerprint density at radius 2 is 2.11 bits per heavy atom. The normalized spacial score (nSPS) is 11.6. The lowest BCUT2D eigenvalue weighted by Crippen LogP contribution is -2.37. The summed E-state index contributed by atoms with van der Waals surface area (Å²) in [6, 6.07) is 4.93. The van der Waals surface area contributed by atoms with E-state index >= 15 is 0 Å². The summed E-state index contributed by atoms with van der Waals surface area (Å²) >= 11 is 0. The van der Waals surface area contributed by atoms with Gasteiger partial charge in [0.2, 0.25) is 0 Å². The first-order valence-corrected chi connectivity index (χ1v) is 5.42. The van der Waals surface area contributed by atoms with E-state index in [1.54, 1.807) is 18.3 Å². The minimum Gasteiger partial charge on any atom is -0.479 e. The number of carbonyl (C=O) groups excluding carboxylic acids is 1. The van der Waals surface area contributed by atoms with E-state index in [1.165, 1.54) is 0 Å². The van der Waals surface area contributed by atoms with Gasteiger partial charge in [-0.1, -0.05) is 6.07 Å². The predicted octanol–water partition coefficient (Wildman–Crippen LogP) is -0.284. The molecule has 1 aromatic heterocycles. The maximum Gasteiger partial charge on any atom is 0.332 e. The third-order valence-electron chi connectivity index (χ3n) is 2.14. The molecule has 1 atom stereocenters. The molecule has 98 valence electrons. The second-order valence-corrected chi connectivity index (χ2v) is 3.57. The zero-order valence-electron chi connectivity index (χ0n) is 9.67. The quantitative estimate of drug-likeness (QED) is 0.557. The van der Waals surface area contributed by atoms with E-state index in [9.17, 15) is 9.59 Å². The zero-order valence-corrected chi connectivity index (χ0v) is 9.67. The Bertz CT molecular complexity index is 397. The van der Waals surface area contributed by atoms with Gasteiger partial charge < -0.3 is 20.8 Å². The van der Waals surface area contributed by atoms with Crippen LogP contribution >= 0.6 is 0 Å². The molecule has 0 aromatic carbocycles. The topological polar surface area (TPSA) is 112 Å². The third kappa shape index (κ3) is 5.26. The molecule has 0 spiro atoms. The number of rotatable bonds is 6. The van der Waals surface area contributed by atoms with Crippen LogP contribution < -0.4 is 10.6 Å². The zero-order chi connectivity index (χ0) is 13.4. The van der Waals surface area contributed by atoms with Crippen molar-refractivity contribution in [1.82, 2.24) is 15.6 Å². The Balaban J connectivity index is 2.17. The molecule has 1 aromatic rings. The van der Waals surface area contributed by atoms with Crippen molar-refractivity contribution in [1.29, 1.82) is 0 Å². The van der Waals surface area contributed by atoms with Gasteiger partial charge >= 0.3 is 12.0 Å². The van der Waals surface area contributed by atoms with Crippen molar-refractivity contribution in [2.75, 3.05) is 6.54 Å². The van der Waals surface area contributed by atoms with Gasteiger partial charge in [0.15, 0.2) is 6.10 Å². The highest BCUT2D eigenvalue weighted by molar-refractivity contribution is 5.74. The SMILES string of the molecule is O=C(NCCC(O)C(=O)O)NCc1ccccn1. The monoisotopic (exact) mass is 253 g/mol. The van der Waals surface area contributed by atoms with E-state index in [-0.39, 0.29) is 19.5 Å². The molecule has 0 aliphatic rings. The summed E-state index contributed by atoms with van der Waals surface area (Å²) in [5, 5.41) is 22.4. The highest BCUT2D eigenvalue weighted by Crippen LogP contribution is 1.92. The van der Waals surface area contributed by atoms with Crippen molar-refractivity contribution in [3.63, 3.8) is 0 Å². The van der Waals surface area contributed by atoms with Crippen molar-refractivity contribution >= 4 is 12.0 Å². The van der Waals surface area contributed by atoms with Gasteiger partial charge in [0.25, 0.3) is 0 Å². The number of aliphatic carboxylic acids is 1. The summed E-state index contributed by atoms with van der Waals surface area (Å²) in [6.45, 7) is 0.371.